The number of hydrogen-bond donors (Lipinski definition) is 3. The van der Waals surface area contributed by atoms with Gasteiger partial charge in [0.25, 0.3) is 5.91 Å². The first-order chi connectivity index (χ1) is 11.1. The van der Waals surface area contributed by atoms with Crippen LogP contribution in [-0.2, 0) is 6.54 Å². The Labute approximate surface area is 132 Å². The SMILES string of the molecule is O=C(NCC1CNCC1O)c1cn(Cc2cccc(F)c2)nn1. The summed E-state index contributed by atoms with van der Waals surface area (Å²) in [5, 5.41) is 23.2. The minimum absolute atomic E-state index is 0.00119. The van der Waals surface area contributed by atoms with E-state index in [0.29, 0.717) is 26.2 Å². The van der Waals surface area contributed by atoms with Crippen LogP contribution in [-0.4, -0.2) is 51.7 Å². The fourth-order valence-electron chi connectivity index (χ4n) is 2.54. The molecule has 23 heavy (non-hydrogen) atoms. The molecule has 1 aromatic heterocycles. The second kappa shape index (κ2) is 6.84. The van der Waals surface area contributed by atoms with Crippen LogP contribution < -0.4 is 10.6 Å². The van der Waals surface area contributed by atoms with Gasteiger partial charge in [0.2, 0.25) is 0 Å². The van der Waals surface area contributed by atoms with Crippen LogP contribution in [0.3, 0.4) is 0 Å². The van der Waals surface area contributed by atoms with Crippen molar-refractivity contribution >= 4 is 5.91 Å². The predicted molar refractivity (Wildman–Crippen MR) is 80.2 cm³/mol. The second-order valence-electron chi connectivity index (χ2n) is 5.63. The molecule has 1 fully saturated rings. The van der Waals surface area contributed by atoms with Crippen molar-refractivity contribution in [1.82, 2.24) is 25.6 Å². The van der Waals surface area contributed by atoms with E-state index in [4.69, 9.17) is 0 Å². The Morgan fingerprint density at radius 1 is 1.48 bits per heavy atom. The lowest BCUT2D eigenvalue weighted by Crippen LogP contribution is -2.34. The summed E-state index contributed by atoms with van der Waals surface area (Å²) in [6, 6.07) is 6.18. The van der Waals surface area contributed by atoms with E-state index in [0.717, 1.165) is 5.56 Å². The summed E-state index contributed by atoms with van der Waals surface area (Å²) in [5.74, 6) is -0.653. The molecule has 8 heteroatoms. The van der Waals surface area contributed by atoms with Crippen molar-refractivity contribution in [2.45, 2.75) is 12.6 Å². The average Bonchev–Trinajstić information content (AvgIpc) is 3.14. The Hall–Kier alpha value is -2.32. The van der Waals surface area contributed by atoms with Crippen molar-refractivity contribution in [3.05, 3.63) is 47.5 Å². The topological polar surface area (TPSA) is 92.1 Å². The number of halogens is 1. The third-order valence-electron chi connectivity index (χ3n) is 3.83. The standard InChI is InChI=1S/C15H18FN5O2/c16-12-3-1-2-10(4-12)8-21-9-13(19-20-21)15(23)18-6-11-5-17-7-14(11)22/h1-4,9,11,14,17,22H,5-8H2,(H,18,23). The molecule has 1 aromatic carbocycles. The predicted octanol–water partition coefficient (Wildman–Crippen LogP) is -0.224. The number of nitrogens with one attached hydrogen (secondary N) is 2. The maximum atomic E-state index is 13.1. The van der Waals surface area contributed by atoms with Gasteiger partial charge in [-0.25, -0.2) is 9.07 Å². The number of aromatic nitrogens is 3. The molecule has 1 aliphatic rings. The minimum atomic E-state index is -0.445. The smallest absolute Gasteiger partial charge is 0.273 e. The number of carbonyl (C=O) groups is 1. The molecule has 2 aromatic rings. The van der Waals surface area contributed by atoms with Crippen molar-refractivity contribution in [3.63, 3.8) is 0 Å². The van der Waals surface area contributed by atoms with Gasteiger partial charge in [-0.15, -0.1) is 5.10 Å². The van der Waals surface area contributed by atoms with Crippen LogP contribution in [0.15, 0.2) is 30.5 Å². The van der Waals surface area contributed by atoms with Crippen LogP contribution in [0.2, 0.25) is 0 Å². The minimum Gasteiger partial charge on any atom is -0.391 e. The van der Waals surface area contributed by atoms with Crippen LogP contribution in [0.5, 0.6) is 0 Å². The molecule has 2 heterocycles. The van der Waals surface area contributed by atoms with Gasteiger partial charge in [-0.3, -0.25) is 4.79 Å². The molecule has 3 N–H and O–H groups in total. The summed E-state index contributed by atoms with van der Waals surface area (Å²) < 4.78 is 14.6. The highest BCUT2D eigenvalue weighted by atomic mass is 19.1. The van der Waals surface area contributed by atoms with E-state index in [2.05, 4.69) is 20.9 Å². The van der Waals surface area contributed by atoms with E-state index in [1.165, 1.54) is 23.0 Å². The van der Waals surface area contributed by atoms with Gasteiger partial charge in [0, 0.05) is 25.6 Å². The molecule has 2 atom stereocenters. The quantitative estimate of drug-likeness (QED) is 0.708. The highest BCUT2D eigenvalue weighted by Gasteiger charge is 2.25. The number of benzene rings is 1. The summed E-state index contributed by atoms with van der Waals surface area (Å²) in [6.07, 6.45) is 1.07. The average molecular weight is 319 g/mol. The Morgan fingerprint density at radius 2 is 2.35 bits per heavy atom. The summed E-state index contributed by atoms with van der Waals surface area (Å²) in [4.78, 5) is 12.0. The number of aliphatic hydroxyl groups excluding tert-OH is 1. The molecule has 122 valence electrons. The lowest BCUT2D eigenvalue weighted by Gasteiger charge is -2.13. The summed E-state index contributed by atoms with van der Waals surface area (Å²) in [5.41, 5.74) is 0.934. The zero-order valence-corrected chi connectivity index (χ0v) is 12.4. The first kappa shape index (κ1) is 15.6. The molecule has 0 saturated carbocycles. The number of amides is 1. The van der Waals surface area contributed by atoms with Gasteiger partial charge in [0.15, 0.2) is 5.69 Å². The highest BCUT2D eigenvalue weighted by Crippen LogP contribution is 2.08. The fourth-order valence-corrected chi connectivity index (χ4v) is 2.54. The molecule has 1 amide bonds. The maximum absolute atomic E-state index is 13.1. The number of rotatable bonds is 5. The van der Waals surface area contributed by atoms with E-state index in [1.54, 1.807) is 12.1 Å². The van der Waals surface area contributed by atoms with Crippen molar-refractivity contribution in [2.75, 3.05) is 19.6 Å². The zero-order valence-electron chi connectivity index (χ0n) is 12.4. The Kier molecular flexibility index (Phi) is 4.63. The first-order valence-corrected chi connectivity index (χ1v) is 7.43. The van der Waals surface area contributed by atoms with Crippen molar-refractivity contribution in [2.24, 2.45) is 5.92 Å². The first-order valence-electron chi connectivity index (χ1n) is 7.43. The van der Waals surface area contributed by atoms with Gasteiger partial charge in [0.1, 0.15) is 5.82 Å². The van der Waals surface area contributed by atoms with Crippen LogP contribution in [0.1, 0.15) is 16.1 Å². The van der Waals surface area contributed by atoms with E-state index in [1.807, 2.05) is 0 Å². The van der Waals surface area contributed by atoms with Crippen molar-refractivity contribution in [3.8, 4) is 0 Å². The van der Waals surface area contributed by atoms with E-state index < -0.39 is 6.10 Å². The number of aliphatic hydroxyl groups is 1. The monoisotopic (exact) mass is 319 g/mol. The highest BCUT2D eigenvalue weighted by molar-refractivity contribution is 5.91. The molecule has 1 saturated heterocycles. The summed E-state index contributed by atoms with van der Waals surface area (Å²) >= 11 is 0. The van der Waals surface area contributed by atoms with E-state index in [-0.39, 0.29) is 23.3 Å². The Balaban J connectivity index is 1.56. The number of β-amino-alcohol motifs (C(OH)–C–C–N with tert-alkyl or cyclic N) is 1. The molecular formula is C15H18FN5O2. The van der Waals surface area contributed by atoms with Gasteiger partial charge >= 0.3 is 0 Å². The third-order valence-corrected chi connectivity index (χ3v) is 3.83. The van der Waals surface area contributed by atoms with E-state index >= 15 is 0 Å². The summed E-state index contributed by atoms with van der Waals surface area (Å²) in [7, 11) is 0. The van der Waals surface area contributed by atoms with Crippen LogP contribution in [0.25, 0.3) is 0 Å². The molecule has 0 radical (unpaired) electrons. The van der Waals surface area contributed by atoms with Gasteiger partial charge in [-0.2, -0.15) is 0 Å². The van der Waals surface area contributed by atoms with Gasteiger partial charge < -0.3 is 15.7 Å². The third kappa shape index (κ3) is 3.91. The number of carbonyl (C=O) groups excluding carboxylic acids is 1. The van der Waals surface area contributed by atoms with Crippen molar-refractivity contribution < 1.29 is 14.3 Å². The Morgan fingerprint density at radius 3 is 3.09 bits per heavy atom. The van der Waals surface area contributed by atoms with Crippen molar-refractivity contribution in [1.29, 1.82) is 0 Å². The molecule has 1 aliphatic heterocycles. The number of nitrogens with zero attached hydrogens (tertiary/aromatic N) is 3. The largest absolute Gasteiger partial charge is 0.391 e. The van der Waals surface area contributed by atoms with Crippen LogP contribution in [0.4, 0.5) is 4.39 Å². The van der Waals surface area contributed by atoms with Gasteiger partial charge in [-0.05, 0) is 17.7 Å². The van der Waals surface area contributed by atoms with Gasteiger partial charge in [0.05, 0.1) is 18.8 Å². The van der Waals surface area contributed by atoms with E-state index in [9.17, 15) is 14.3 Å². The number of hydrogen-bond acceptors (Lipinski definition) is 5. The molecule has 0 spiro atoms. The lowest BCUT2D eigenvalue weighted by molar-refractivity contribution is 0.0922. The fraction of sp³-hybridized carbons (Fsp3) is 0.400. The molecule has 3 rings (SSSR count). The lowest BCUT2D eigenvalue weighted by atomic mass is 10.1. The zero-order chi connectivity index (χ0) is 16.2. The molecule has 0 aliphatic carbocycles. The van der Waals surface area contributed by atoms with Crippen LogP contribution >= 0.6 is 0 Å². The second-order valence-corrected chi connectivity index (χ2v) is 5.63. The molecule has 0 bridgehead atoms. The van der Waals surface area contributed by atoms with Gasteiger partial charge in [-0.1, -0.05) is 17.3 Å². The molecule has 2 unspecified atom stereocenters. The van der Waals surface area contributed by atoms with Crippen LogP contribution in [0, 0.1) is 11.7 Å². The summed E-state index contributed by atoms with van der Waals surface area (Å²) in [6.45, 7) is 1.94. The Bertz CT molecular complexity index is 690. The molecule has 7 nitrogen and oxygen atoms in total. The normalized spacial score (nSPS) is 20.6. The molecular weight excluding hydrogens is 301 g/mol. The maximum Gasteiger partial charge on any atom is 0.273 e.